The predicted octanol–water partition coefficient (Wildman–Crippen LogP) is 4.08. The van der Waals surface area contributed by atoms with Gasteiger partial charge in [0.1, 0.15) is 11.6 Å². The van der Waals surface area contributed by atoms with E-state index >= 15 is 0 Å². The normalized spacial score (nSPS) is 25.4. The Kier molecular flexibility index (Phi) is 7.24. The van der Waals surface area contributed by atoms with Crippen LogP contribution in [0, 0.1) is 17.7 Å². The fourth-order valence-corrected chi connectivity index (χ4v) is 5.73. The van der Waals surface area contributed by atoms with Crippen LogP contribution in [0.15, 0.2) is 30.6 Å². The van der Waals surface area contributed by atoms with Gasteiger partial charge in [0.15, 0.2) is 0 Å². The number of alkyl halides is 2. The molecule has 1 amide bonds. The van der Waals surface area contributed by atoms with Crippen molar-refractivity contribution in [1.29, 1.82) is 0 Å². The van der Waals surface area contributed by atoms with Crippen LogP contribution in [0.5, 0.6) is 5.75 Å². The van der Waals surface area contributed by atoms with Crippen molar-refractivity contribution in [2.45, 2.75) is 50.0 Å². The summed E-state index contributed by atoms with van der Waals surface area (Å²) in [5, 5.41) is 0.517. The summed E-state index contributed by atoms with van der Waals surface area (Å²) in [5.74, 6) is -2.09. The summed E-state index contributed by atoms with van der Waals surface area (Å²) < 4.78 is 47.0. The number of hydrogen-bond acceptors (Lipinski definition) is 6. The Bertz CT molecular complexity index is 1130. The van der Waals surface area contributed by atoms with Gasteiger partial charge in [-0.2, -0.15) is 0 Å². The Labute approximate surface area is 219 Å². The van der Waals surface area contributed by atoms with Gasteiger partial charge in [0.05, 0.1) is 37.0 Å². The summed E-state index contributed by atoms with van der Waals surface area (Å²) in [6, 6.07) is 4.35. The topological polar surface area (TPSA) is 84.6 Å². The molecule has 3 heterocycles. The van der Waals surface area contributed by atoms with E-state index in [0.29, 0.717) is 35.2 Å². The lowest BCUT2D eigenvalue weighted by molar-refractivity contribution is -0.130. The van der Waals surface area contributed by atoms with Crippen LogP contribution in [0.1, 0.15) is 37.7 Å². The van der Waals surface area contributed by atoms with Crippen molar-refractivity contribution in [1.82, 2.24) is 14.9 Å². The molecule has 1 aliphatic carbocycles. The van der Waals surface area contributed by atoms with Crippen molar-refractivity contribution in [3.05, 3.63) is 47.0 Å². The first-order valence-corrected chi connectivity index (χ1v) is 13.1. The summed E-state index contributed by atoms with van der Waals surface area (Å²) in [4.78, 5) is 24.1. The largest absolute Gasteiger partial charge is 0.493 e. The smallest absolute Gasteiger partial charge is 0.267 e. The van der Waals surface area contributed by atoms with Gasteiger partial charge >= 0.3 is 0 Å². The molecule has 1 aromatic heterocycles. The van der Waals surface area contributed by atoms with Crippen molar-refractivity contribution in [3.63, 3.8) is 0 Å². The molecule has 2 aromatic rings. The second-order valence-corrected chi connectivity index (χ2v) is 10.9. The summed E-state index contributed by atoms with van der Waals surface area (Å²) in [6.07, 6.45) is 6.29. The standard InChI is InChI=1S/C26H31ClF3N5O2/c27-20-14-32-24(33-15-20)34-7-3-18(4-8-34)26(31)13-19(26)5-10-37-21-2-1-17(22(28)12-21)11-23(36)35-9-6-25(29,30)16-35/h1-2,12,14-15,18-19H,3-11,13,16,31H2/t19-,26+/m1/s1. The molecule has 2 atom stereocenters. The van der Waals surface area contributed by atoms with Gasteiger partial charge in [-0.15, -0.1) is 0 Å². The number of nitrogens with zero attached hydrogens (tertiary/aromatic N) is 4. The lowest BCUT2D eigenvalue weighted by atomic mass is 9.86. The van der Waals surface area contributed by atoms with Crippen molar-refractivity contribution >= 4 is 23.5 Å². The van der Waals surface area contributed by atoms with Gasteiger partial charge in [0, 0.05) is 37.7 Å². The lowest BCUT2D eigenvalue weighted by Crippen LogP contribution is -2.44. The number of amides is 1. The van der Waals surface area contributed by atoms with E-state index in [1.165, 1.54) is 12.1 Å². The van der Waals surface area contributed by atoms with Crippen LogP contribution < -0.4 is 15.4 Å². The van der Waals surface area contributed by atoms with Crippen LogP contribution in [0.4, 0.5) is 19.1 Å². The fraction of sp³-hybridized carbons (Fsp3) is 0.577. The second-order valence-electron chi connectivity index (χ2n) is 10.5. The van der Waals surface area contributed by atoms with Crippen LogP contribution in [-0.2, 0) is 11.2 Å². The molecule has 2 aliphatic heterocycles. The molecular formula is C26H31ClF3N5O2. The van der Waals surface area contributed by atoms with Crippen LogP contribution >= 0.6 is 11.6 Å². The molecule has 3 fully saturated rings. The van der Waals surface area contributed by atoms with E-state index in [1.54, 1.807) is 18.5 Å². The van der Waals surface area contributed by atoms with Crippen LogP contribution in [0.3, 0.4) is 0 Å². The van der Waals surface area contributed by atoms with Crippen molar-refractivity contribution < 1.29 is 22.7 Å². The number of piperidine rings is 1. The number of aromatic nitrogens is 2. The maximum absolute atomic E-state index is 14.5. The molecule has 2 N–H and O–H groups in total. The number of rotatable bonds is 8. The Hall–Kier alpha value is -2.59. The van der Waals surface area contributed by atoms with Gasteiger partial charge < -0.3 is 20.3 Å². The average Bonchev–Trinajstić information content (AvgIpc) is 3.39. The molecule has 37 heavy (non-hydrogen) atoms. The highest BCUT2D eigenvalue weighted by Crippen LogP contribution is 2.52. The zero-order chi connectivity index (χ0) is 26.2. The molecule has 3 aliphatic rings. The number of carbonyl (C=O) groups is 1. The zero-order valence-corrected chi connectivity index (χ0v) is 21.3. The minimum absolute atomic E-state index is 0.00563. The molecule has 7 nitrogen and oxygen atoms in total. The van der Waals surface area contributed by atoms with Gasteiger partial charge in [0.2, 0.25) is 11.9 Å². The predicted molar refractivity (Wildman–Crippen MR) is 133 cm³/mol. The van der Waals surface area contributed by atoms with Gasteiger partial charge in [0.25, 0.3) is 5.92 Å². The number of nitrogens with two attached hydrogens (primary N) is 1. The summed E-state index contributed by atoms with van der Waals surface area (Å²) in [6.45, 7) is 1.51. The Morgan fingerprint density at radius 1 is 1.19 bits per heavy atom. The van der Waals surface area contributed by atoms with E-state index in [-0.39, 0.29) is 30.5 Å². The fourth-order valence-electron chi connectivity index (χ4n) is 5.63. The Balaban J connectivity index is 1.05. The minimum Gasteiger partial charge on any atom is -0.493 e. The molecule has 1 aromatic carbocycles. The molecule has 2 saturated heterocycles. The summed E-state index contributed by atoms with van der Waals surface area (Å²) >= 11 is 5.88. The zero-order valence-electron chi connectivity index (χ0n) is 20.5. The van der Waals surface area contributed by atoms with Crippen molar-refractivity contribution in [2.24, 2.45) is 17.6 Å². The molecule has 0 unspecified atom stereocenters. The van der Waals surface area contributed by atoms with E-state index in [0.717, 1.165) is 43.7 Å². The third-order valence-electron chi connectivity index (χ3n) is 7.97. The highest BCUT2D eigenvalue weighted by Gasteiger charge is 2.55. The first kappa shape index (κ1) is 26.0. The maximum atomic E-state index is 14.5. The average molecular weight is 538 g/mol. The molecule has 0 bridgehead atoms. The van der Waals surface area contributed by atoms with Crippen LogP contribution in [0.2, 0.25) is 5.02 Å². The number of hydrogen-bond donors (Lipinski definition) is 1. The van der Waals surface area contributed by atoms with E-state index in [2.05, 4.69) is 14.9 Å². The molecule has 0 radical (unpaired) electrons. The summed E-state index contributed by atoms with van der Waals surface area (Å²) in [5.41, 5.74) is 6.72. The summed E-state index contributed by atoms with van der Waals surface area (Å²) in [7, 11) is 0. The second kappa shape index (κ2) is 10.3. The third kappa shape index (κ3) is 5.95. The van der Waals surface area contributed by atoms with Gasteiger partial charge in [-0.1, -0.05) is 17.7 Å². The van der Waals surface area contributed by atoms with E-state index < -0.39 is 24.2 Å². The van der Waals surface area contributed by atoms with E-state index in [9.17, 15) is 18.0 Å². The lowest BCUT2D eigenvalue weighted by Gasteiger charge is -2.35. The molecular weight excluding hydrogens is 507 g/mol. The molecule has 11 heteroatoms. The van der Waals surface area contributed by atoms with Gasteiger partial charge in [-0.25, -0.2) is 23.1 Å². The molecule has 200 valence electrons. The maximum Gasteiger partial charge on any atom is 0.267 e. The monoisotopic (exact) mass is 537 g/mol. The Morgan fingerprint density at radius 2 is 1.92 bits per heavy atom. The first-order valence-electron chi connectivity index (χ1n) is 12.7. The number of anilines is 1. The van der Waals surface area contributed by atoms with Gasteiger partial charge in [-0.05, 0) is 49.1 Å². The Morgan fingerprint density at radius 3 is 2.57 bits per heavy atom. The molecule has 0 spiro atoms. The molecule has 5 rings (SSSR count). The van der Waals surface area contributed by atoms with Gasteiger partial charge in [-0.3, -0.25) is 4.79 Å². The van der Waals surface area contributed by atoms with E-state index in [1.807, 2.05) is 0 Å². The number of halogens is 4. The van der Waals surface area contributed by atoms with Crippen molar-refractivity contribution in [3.8, 4) is 5.75 Å². The third-order valence-corrected chi connectivity index (χ3v) is 8.16. The first-order chi connectivity index (χ1) is 17.6. The highest BCUT2D eigenvalue weighted by molar-refractivity contribution is 6.30. The number of carbonyl (C=O) groups excluding carboxylic acids is 1. The number of likely N-dealkylation sites (tertiary alicyclic amines) is 1. The highest BCUT2D eigenvalue weighted by atomic mass is 35.5. The SMILES string of the molecule is N[C@]1(C2CCN(c3ncc(Cl)cn3)CC2)C[C@H]1CCOc1ccc(CC(=O)N2CCC(F)(F)C2)c(F)c1. The van der Waals surface area contributed by atoms with E-state index in [4.69, 9.17) is 22.1 Å². The quantitative estimate of drug-likeness (QED) is 0.546. The molecule has 1 saturated carbocycles. The van der Waals surface area contributed by atoms with Crippen molar-refractivity contribution in [2.75, 3.05) is 37.7 Å². The van der Waals surface area contributed by atoms with Crippen LogP contribution in [-0.4, -0.2) is 65.0 Å². The number of benzene rings is 1. The van der Waals surface area contributed by atoms with Crippen LogP contribution in [0.25, 0.3) is 0 Å². The number of ether oxygens (including phenoxy) is 1. The minimum atomic E-state index is -2.86.